The Hall–Kier alpha value is -2.34. The number of carbonyl (C=O) groups excluding carboxylic acids is 1. The molecule has 2 aromatic rings. The number of alkyl halides is 3. The monoisotopic (exact) mass is 365 g/mol. The maximum absolute atomic E-state index is 12.7. The summed E-state index contributed by atoms with van der Waals surface area (Å²) < 4.78 is 43.5. The zero-order chi connectivity index (χ0) is 19.4. The van der Waals surface area contributed by atoms with E-state index in [-0.39, 0.29) is 12.3 Å². The number of carbonyl (C=O) groups is 1. The summed E-state index contributed by atoms with van der Waals surface area (Å²) in [5.41, 5.74) is 1.09. The van der Waals surface area contributed by atoms with E-state index in [4.69, 9.17) is 4.74 Å². The Kier molecular flexibility index (Phi) is 6.08. The highest BCUT2D eigenvalue weighted by Gasteiger charge is 2.30. The minimum atomic E-state index is -4.41. The fourth-order valence-corrected chi connectivity index (χ4v) is 2.45. The Morgan fingerprint density at radius 2 is 1.65 bits per heavy atom. The Labute approximate surface area is 151 Å². The van der Waals surface area contributed by atoms with Crippen LogP contribution in [0.5, 0.6) is 0 Å². The second kappa shape index (κ2) is 7.91. The number of nitrogens with one attached hydrogen (secondary N) is 1. The molecule has 140 valence electrons. The van der Waals surface area contributed by atoms with Crippen LogP contribution in [-0.4, -0.2) is 13.0 Å². The maximum atomic E-state index is 12.7. The number of benzene rings is 2. The molecule has 0 unspecified atom stereocenters. The van der Waals surface area contributed by atoms with Crippen molar-refractivity contribution in [3.63, 3.8) is 0 Å². The zero-order valence-corrected chi connectivity index (χ0v) is 15.0. The number of methoxy groups -OCH3 is 1. The summed E-state index contributed by atoms with van der Waals surface area (Å²) in [5, 5.41) is 2.73. The SMILES string of the molecule is COC(C)(C)c1ccc(CNC(=O)Cc2cccc(C(F)(F)F)c2)cc1. The summed E-state index contributed by atoms with van der Waals surface area (Å²) in [7, 11) is 1.64. The molecule has 0 saturated heterocycles. The van der Waals surface area contributed by atoms with Crippen molar-refractivity contribution in [2.75, 3.05) is 7.11 Å². The van der Waals surface area contributed by atoms with Crippen LogP contribution < -0.4 is 5.32 Å². The Morgan fingerprint density at radius 3 is 2.23 bits per heavy atom. The Balaban J connectivity index is 1.93. The Morgan fingerprint density at radius 1 is 1.00 bits per heavy atom. The van der Waals surface area contributed by atoms with Gasteiger partial charge in [-0.25, -0.2) is 0 Å². The average Bonchev–Trinajstić information content (AvgIpc) is 2.60. The topological polar surface area (TPSA) is 38.3 Å². The lowest BCUT2D eigenvalue weighted by molar-refractivity contribution is -0.137. The minimum Gasteiger partial charge on any atom is -0.374 e. The number of amides is 1. The predicted octanol–water partition coefficient (Wildman–Crippen LogP) is 4.45. The van der Waals surface area contributed by atoms with E-state index in [1.807, 2.05) is 38.1 Å². The molecular formula is C20H22F3NO2. The van der Waals surface area contributed by atoms with Gasteiger partial charge in [-0.05, 0) is 36.6 Å². The summed E-state index contributed by atoms with van der Waals surface area (Å²) in [5.74, 6) is -0.328. The quantitative estimate of drug-likeness (QED) is 0.822. The molecular weight excluding hydrogens is 343 g/mol. The lowest BCUT2D eigenvalue weighted by Gasteiger charge is -2.23. The van der Waals surface area contributed by atoms with Crippen LogP contribution in [-0.2, 0) is 34.3 Å². The average molecular weight is 365 g/mol. The van der Waals surface area contributed by atoms with Crippen molar-refractivity contribution in [2.45, 2.75) is 38.6 Å². The summed E-state index contributed by atoms with van der Waals surface area (Å²) in [4.78, 5) is 12.0. The van der Waals surface area contributed by atoms with Crippen molar-refractivity contribution in [1.29, 1.82) is 0 Å². The number of halogens is 3. The third-order valence-corrected chi connectivity index (χ3v) is 4.27. The third-order valence-electron chi connectivity index (χ3n) is 4.27. The van der Waals surface area contributed by atoms with Crippen LogP contribution in [0.15, 0.2) is 48.5 Å². The molecule has 0 radical (unpaired) electrons. The molecule has 0 aromatic heterocycles. The third kappa shape index (κ3) is 5.33. The minimum absolute atomic E-state index is 0.0985. The molecule has 0 atom stereocenters. The first-order valence-electron chi connectivity index (χ1n) is 8.19. The zero-order valence-electron chi connectivity index (χ0n) is 15.0. The van der Waals surface area contributed by atoms with Gasteiger partial charge in [-0.2, -0.15) is 13.2 Å². The highest BCUT2D eigenvalue weighted by Crippen LogP contribution is 2.29. The molecule has 2 rings (SSSR count). The van der Waals surface area contributed by atoms with Crippen molar-refractivity contribution in [3.05, 3.63) is 70.8 Å². The molecule has 0 bridgehead atoms. The largest absolute Gasteiger partial charge is 0.416 e. The molecule has 0 aliphatic carbocycles. The number of ether oxygens (including phenoxy) is 1. The fraction of sp³-hybridized carbons (Fsp3) is 0.350. The predicted molar refractivity (Wildman–Crippen MR) is 93.5 cm³/mol. The Bertz CT molecular complexity index is 752. The van der Waals surface area contributed by atoms with Gasteiger partial charge in [0.25, 0.3) is 0 Å². The number of hydrogen-bond donors (Lipinski definition) is 1. The van der Waals surface area contributed by atoms with Crippen LogP contribution in [0.1, 0.15) is 36.1 Å². The molecule has 0 heterocycles. The summed E-state index contributed by atoms with van der Waals surface area (Å²) in [6, 6.07) is 12.4. The standard InChI is InChI=1S/C20H22F3NO2/c1-19(2,26-3)16-9-7-14(8-10-16)13-24-18(25)12-15-5-4-6-17(11-15)20(21,22)23/h4-11H,12-13H2,1-3H3,(H,24,25). The molecule has 6 heteroatoms. The molecule has 3 nitrogen and oxygen atoms in total. The highest BCUT2D eigenvalue weighted by molar-refractivity contribution is 5.78. The van der Waals surface area contributed by atoms with Crippen molar-refractivity contribution in [2.24, 2.45) is 0 Å². The highest BCUT2D eigenvalue weighted by atomic mass is 19.4. The van der Waals surface area contributed by atoms with E-state index in [1.165, 1.54) is 12.1 Å². The van der Waals surface area contributed by atoms with Crippen molar-refractivity contribution < 1.29 is 22.7 Å². The fourth-order valence-electron chi connectivity index (χ4n) is 2.45. The van der Waals surface area contributed by atoms with Gasteiger partial charge in [0.2, 0.25) is 5.91 Å². The van der Waals surface area contributed by atoms with Crippen LogP contribution in [0.4, 0.5) is 13.2 Å². The van der Waals surface area contributed by atoms with Crippen LogP contribution in [0.25, 0.3) is 0 Å². The van der Waals surface area contributed by atoms with E-state index < -0.39 is 17.3 Å². The summed E-state index contributed by atoms with van der Waals surface area (Å²) in [6.45, 7) is 4.23. The lowest BCUT2D eigenvalue weighted by atomic mass is 9.97. The second-order valence-corrected chi connectivity index (χ2v) is 6.56. The molecule has 0 saturated carbocycles. The van der Waals surface area contributed by atoms with E-state index in [2.05, 4.69) is 5.32 Å². The molecule has 0 spiro atoms. The molecule has 0 fully saturated rings. The summed E-state index contributed by atoms with van der Waals surface area (Å²) in [6.07, 6.45) is -4.51. The molecule has 2 aromatic carbocycles. The first kappa shape index (κ1) is 20.0. The molecule has 0 aliphatic heterocycles. The second-order valence-electron chi connectivity index (χ2n) is 6.56. The molecule has 1 N–H and O–H groups in total. The van der Waals surface area contributed by atoms with E-state index in [0.29, 0.717) is 12.1 Å². The number of rotatable bonds is 6. The van der Waals surface area contributed by atoms with Gasteiger partial charge in [-0.3, -0.25) is 4.79 Å². The first-order valence-corrected chi connectivity index (χ1v) is 8.19. The van der Waals surface area contributed by atoms with Crippen LogP contribution in [0.2, 0.25) is 0 Å². The van der Waals surface area contributed by atoms with Crippen molar-refractivity contribution in [3.8, 4) is 0 Å². The van der Waals surface area contributed by atoms with Crippen molar-refractivity contribution >= 4 is 5.91 Å². The van der Waals surface area contributed by atoms with Crippen LogP contribution in [0.3, 0.4) is 0 Å². The van der Waals surface area contributed by atoms with Crippen LogP contribution in [0, 0.1) is 0 Å². The van der Waals surface area contributed by atoms with Gasteiger partial charge in [0.05, 0.1) is 17.6 Å². The van der Waals surface area contributed by atoms with Gasteiger partial charge in [0.15, 0.2) is 0 Å². The molecule has 1 amide bonds. The van der Waals surface area contributed by atoms with E-state index in [0.717, 1.165) is 23.3 Å². The van der Waals surface area contributed by atoms with Gasteiger partial charge in [0, 0.05) is 13.7 Å². The van der Waals surface area contributed by atoms with E-state index >= 15 is 0 Å². The van der Waals surface area contributed by atoms with E-state index in [9.17, 15) is 18.0 Å². The van der Waals surface area contributed by atoms with Gasteiger partial charge in [-0.15, -0.1) is 0 Å². The first-order chi connectivity index (χ1) is 12.1. The summed E-state index contributed by atoms with van der Waals surface area (Å²) >= 11 is 0. The van der Waals surface area contributed by atoms with Gasteiger partial charge in [0.1, 0.15) is 0 Å². The van der Waals surface area contributed by atoms with Gasteiger partial charge < -0.3 is 10.1 Å². The van der Waals surface area contributed by atoms with E-state index in [1.54, 1.807) is 7.11 Å². The van der Waals surface area contributed by atoms with Gasteiger partial charge >= 0.3 is 6.18 Å². The van der Waals surface area contributed by atoms with Crippen LogP contribution >= 0.6 is 0 Å². The number of hydrogen-bond acceptors (Lipinski definition) is 2. The molecule has 26 heavy (non-hydrogen) atoms. The van der Waals surface area contributed by atoms with Crippen molar-refractivity contribution in [1.82, 2.24) is 5.32 Å². The normalized spacial score (nSPS) is 12.1. The maximum Gasteiger partial charge on any atom is 0.416 e. The lowest BCUT2D eigenvalue weighted by Crippen LogP contribution is -2.25. The van der Waals surface area contributed by atoms with Gasteiger partial charge in [-0.1, -0.05) is 42.5 Å². The smallest absolute Gasteiger partial charge is 0.374 e. The molecule has 0 aliphatic rings.